The molecule has 0 bridgehead atoms. The van der Waals surface area contributed by atoms with Gasteiger partial charge < -0.3 is 14.9 Å². The van der Waals surface area contributed by atoms with Gasteiger partial charge in [0.05, 0.1) is 11.1 Å². The van der Waals surface area contributed by atoms with Crippen molar-refractivity contribution in [3.05, 3.63) is 51.2 Å². The topological polar surface area (TPSA) is 60.9 Å². The summed E-state index contributed by atoms with van der Waals surface area (Å²) in [6.45, 7) is 2.26. The van der Waals surface area contributed by atoms with Crippen LogP contribution >= 0.6 is 11.3 Å². The van der Waals surface area contributed by atoms with Crippen LogP contribution in [0.25, 0.3) is 0 Å². The summed E-state index contributed by atoms with van der Waals surface area (Å²) in [6, 6.07) is 5.49. The number of thiophene rings is 1. The highest BCUT2D eigenvalue weighted by Gasteiger charge is 2.26. The van der Waals surface area contributed by atoms with Crippen LogP contribution in [0.2, 0.25) is 0 Å². The van der Waals surface area contributed by atoms with Crippen molar-refractivity contribution in [2.75, 3.05) is 26.2 Å². The van der Waals surface area contributed by atoms with E-state index in [0.717, 1.165) is 32.1 Å². The third-order valence-electron chi connectivity index (χ3n) is 5.53. The van der Waals surface area contributed by atoms with Crippen LogP contribution < -0.4 is 0 Å². The van der Waals surface area contributed by atoms with E-state index in [4.69, 9.17) is 0 Å². The molecule has 0 atom stereocenters. The first-order chi connectivity index (χ1) is 13.1. The van der Waals surface area contributed by atoms with Crippen molar-refractivity contribution in [3.8, 4) is 5.75 Å². The SMILES string of the molecule is O=C(c1ccsc1)N1CCCN(C(=O)c2cc3c(cc2O)CCCC3)CC1. The molecule has 2 aliphatic rings. The predicted molar refractivity (Wildman–Crippen MR) is 105 cm³/mol. The number of hydrogen-bond donors (Lipinski definition) is 1. The highest BCUT2D eigenvalue weighted by molar-refractivity contribution is 7.08. The summed E-state index contributed by atoms with van der Waals surface area (Å²) >= 11 is 1.51. The maximum Gasteiger partial charge on any atom is 0.257 e. The van der Waals surface area contributed by atoms with Crippen molar-refractivity contribution >= 4 is 23.2 Å². The largest absolute Gasteiger partial charge is 0.507 e. The average Bonchev–Trinajstić information content (AvgIpc) is 3.11. The van der Waals surface area contributed by atoms with E-state index in [-0.39, 0.29) is 17.6 Å². The number of carbonyl (C=O) groups is 2. The molecular weight excluding hydrogens is 360 g/mol. The number of fused-ring (bicyclic) bond motifs is 1. The molecule has 0 saturated carbocycles. The monoisotopic (exact) mass is 384 g/mol. The summed E-state index contributed by atoms with van der Waals surface area (Å²) in [5, 5.41) is 14.2. The lowest BCUT2D eigenvalue weighted by molar-refractivity contribution is 0.0717. The number of nitrogens with zero attached hydrogens (tertiary/aromatic N) is 2. The van der Waals surface area contributed by atoms with Gasteiger partial charge in [-0.25, -0.2) is 0 Å². The Hall–Kier alpha value is -2.34. The highest BCUT2D eigenvalue weighted by atomic mass is 32.1. The van der Waals surface area contributed by atoms with Gasteiger partial charge in [0.25, 0.3) is 11.8 Å². The van der Waals surface area contributed by atoms with Crippen LogP contribution in [0.4, 0.5) is 0 Å². The molecule has 1 aliphatic heterocycles. The van der Waals surface area contributed by atoms with Gasteiger partial charge in [-0.2, -0.15) is 11.3 Å². The smallest absolute Gasteiger partial charge is 0.257 e. The molecule has 0 spiro atoms. The molecule has 1 N–H and O–H groups in total. The second-order valence-corrected chi connectivity index (χ2v) is 8.08. The van der Waals surface area contributed by atoms with E-state index in [2.05, 4.69) is 0 Å². The summed E-state index contributed by atoms with van der Waals surface area (Å²) in [5.74, 6) is -0.0241. The summed E-state index contributed by atoms with van der Waals surface area (Å²) < 4.78 is 0. The minimum atomic E-state index is -0.134. The van der Waals surface area contributed by atoms with Gasteiger partial charge in [0.15, 0.2) is 0 Å². The van der Waals surface area contributed by atoms with Gasteiger partial charge in [0.2, 0.25) is 0 Å². The fourth-order valence-corrected chi connectivity index (χ4v) is 4.64. The summed E-state index contributed by atoms with van der Waals surface area (Å²) in [4.78, 5) is 29.2. The average molecular weight is 385 g/mol. The second kappa shape index (κ2) is 7.72. The van der Waals surface area contributed by atoms with Crippen LogP contribution in [0.3, 0.4) is 0 Å². The number of amides is 2. The molecule has 0 unspecified atom stereocenters. The molecule has 1 aromatic carbocycles. The van der Waals surface area contributed by atoms with E-state index in [1.54, 1.807) is 11.0 Å². The van der Waals surface area contributed by atoms with Gasteiger partial charge in [0.1, 0.15) is 5.75 Å². The number of phenolic OH excluding ortho intramolecular Hbond substituents is 1. The zero-order chi connectivity index (χ0) is 18.8. The Morgan fingerprint density at radius 1 is 0.889 bits per heavy atom. The van der Waals surface area contributed by atoms with Crippen molar-refractivity contribution in [2.45, 2.75) is 32.1 Å². The van der Waals surface area contributed by atoms with Crippen LogP contribution in [-0.4, -0.2) is 52.9 Å². The number of hydrogen-bond acceptors (Lipinski definition) is 4. The Morgan fingerprint density at radius 2 is 1.56 bits per heavy atom. The number of rotatable bonds is 2. The number of phenols is 1. The maximum absolute atomic E-state index is 13.0. The first-order valence-electron chi connectivity index (χ1n) is 9.59. The summed E-state index contributed by atoms with van der Waals surface area (Å²) in [5.41, 5.74) is 3.46. The Bertz CT molecular complexity index is 847. The quantitative estimate of drug-likeness (QED) is 0.864. The van der Waals surface area contributed by atoms with Crippen LogP contribution in [0, 0.1) is 0 Å². The van der Waals surface area contributed by atoms with Gasteiger partial charge >= 0.3 is 0 Å². The molecule has 0 radical (unpaired) electrons. The van der Waals surface area contributed by atoms with Crippen molar-refractivity contribution in [2.24, 2.45) is 0 Å². The zero-order valence-electron chi connectivity index (χ0n) is 15.3. The molecule has 2 heterocycles. The lowest BCUT2D eigenvalue weighted by Crippen LogP contribution is -2.37. The Labute approximate surface area is 163 Å². The van der Waals surface area contributed by atoms with Crippen LogP contribution in [0.5, 0.6) is 5.75 Å². The van der Waals surface area contributed by atoms with E-state index >= 15 is 0 Å². The van der Waals surface area contributed by atoms with Crippen molar-refractivity contribution in [1.82, 2.24) is 9.80 Å². The molecule has 1 fully saturated rings. The van der Waals surface area contributed by atoms with Gasteiger partial charge in [-0.05, 0) is 66.8 Å². The molecule has 1 aliphatic carbocycles. The molecule has 27 heavy (non-hydrogen) atoms. The standard InChI is InChI=1S/C21H24N2O3S/c24-19-13-16-5-2-1-4-15(16)12-18(19)21(26)23-8-3-7-22(9-10-23)20(25)17-6-11-27-14-17/h6,11-14,24H,1-5,7-10H2. The van der Waals surface area contributed by atoms with Crippen molar-refractivity contribution in [1.29, 1.82) is 0 Å². The van der Waals surface area contributed by atoms with E-state index in [1.165, 1.54) is 22.5 Å². The molecule has 4 rings (SSSR count). The molecule has 1 aromatic heterocycles. The first kappa shape index (κ1) is 18.0. The number of aryl methyl sites for hydroxylation is 2. The molecule has 5 nitrogen and oxygen atoms in total. The van der Waals surface area contributed by atoms with Crippen molar-refractivity contribution in [3.63, 3.8) is 0 Å². The third kappa shape index (κ3) is 3.72. The molecule has 6 heteroatoms. The normalized spacial score (nSPS) is 17.3. The van der Waals surface area contributed by atoms with Crippen LogP contribution in [0.15, 0.2) is 29.0 Å². The minimum absolute atomic E-state index is 0.0298. The Balaban J connectivity index is 1.48. The second-order valence-electron chi connectivity index (χ2n) is 7.30. The molecule has 2 aromatic rings. The van der Waals surface area contributed by atoms with Gasteiger partial charge in [-0.3, -0.25) is 9.59 Å². The summed E-state index contributed by atoms with van der Waals surface area (Å²) in [6.07, 6.45) is 4.96. The lowest BCUT2D eigenvalue weighted by Gasteiger charge is -2.24. The lowest BCUT2D eigenvalue weighted by atomic mass is 9.89. The van der Waals surface area contributed by atoms with Gasteiger partial charge in [-0.1, -0.05) is 0 Å². The van der Waals surface area contributed by atoms with Gasteiger partial charge in [0, 0.05) is 31.6 Å². The zero-order valence-corrected chi connectivity index (χ0v) is 16.1. The van der Waals surface area contributed by atoms with Gasteiger partial charge in [-0.15, -0.1) is 0 Å². The molecular formula is C21H24N2O3S. The first-order valence-corrected chi connectivity index (χ1v) is 10.5. The molecule has 1 saturated heterocycles. The van der Waals surface area contributed by atoms with E-state index in [1.807, 2.05) is 27.8 Å². The highest BCUT2D eigenvalue weighted by Crippen LogP contribution is 2.29. The molecule has 2 amide bonds. The number of carbonyl (C=O) groups excluding carboxylic acids is 2. The summed E-state index contributed by atoms with van der Waals surface area (Å²) in [7, 11) is 0. The van der Waals surface area contributed by atoms with Crippen molar-refractivity contribution < 1.29 is 14.7 Å². The minimum Gasteiger partial charge on any atom is -0.507 e. The van der Waals surface area contributed by atoms with E-state index in [0.29, 0.717) is 37.3 Å². The number of benzene rings is 1. The Morgan fingerprint density at radius 3 is 2.22 bits per heavy atom. The van der Waals surface area contributed by atoms with E-state index in [9.17, 15) is 14.7 Å². The van der Waals surface area contributed by atoms with E-state index < -0.39 is 0 Å². The third-order valence-corrected chi connectivity index (χ3v) is 6.21. The predicted octanol–water partition coefficient (Wildman–Crippen LogP) is 3.32. The van der Waals surface area contributed by atoms with Crippen LogP contribution in [0.1, 0.15) is 51.1 Å². The number of aromatic hydroxyl groups is 1. The fraction of sp³-hybridized carbons (Fsp3) is 0.429. The fourth-order valence-electron chi connectivity index (χ4n) is 4.01. The maximum atomic E-state index is 13.0. The molecule has 142 valence electrons. The van der Waals surface area contributed by atoms with Crippen LogP contribution in [-0.2, 0) is 12.8 Å². The Kier molecular flexibility index (Phi) is 5.16.